The Labute approximate surface area is 125 Å². The van der Waals surface area contributed by atoms with Crippen LogP contribution in [0.2, 0.25) is 0 Å². The van der Waals surface area contributed by atoms with E-state index in [4.69, 9.17) is 5.73 Å². The van der Waals surface area contributed by atoms with Crippen LogP contribution >= 0.6 is 0 Å². The van der Waals surface area contributed by atoms with Crippen molar-refractivity contribution in [3.63, 3.8) is 0 Å². The van der Waals surface area contributed by atoms with Gasteiger partial charge in [0.1, 0.15) is 0 Å². The van der Waals surface area contributed by atoms with Crippen molar-refractivity contribution in [3.05, 3.63) is 35.9 Å². The molecular weight excluding hydrogens is 266 g/mol. The summed E-state index contributed by atoms with van der Waals surface area (Å²) in [6.45, 7) is 4.41. The van der Waals surface area contributed by atoms with Crippen LogP contribution in [-0.4, -0.2) is 59.6 Å². The SMILES string of the molecule is NC(CN1CCN2CCCC2C1)(C(=O)O)c1ccccc1. The third kappa shape index (κ3) is 2.81. The minimum Gasteiger partial charge on any atom is -0.480 e. The standard InChI is InChI=1S/C16H23N3O2/c17-16(15(20)21,13-5-2-1-3-6-13)12-18-9-10-19-8-4-7-14(19)11-18/h1-3,5-6,14H,4,7-12,17H2,(H,20,21). The van der Waals surface area contributed by atoms with E-state index in [1.54, 1.807) is 12.1 Å². The van der Waals surface area contributed by atoms with E-state index in [1.165, 1.54) is 19.4 Å². The number of carboxylic acid groups (broad SMARTS) is 1. The van der Waals surface area contributed by atoms with Crippen LogP contribution in [0.15, 0.2) is 30.3 Å². The maximum atomic E-state index is 11.8. The summed E-state index contributed by atoms with van der Waals surface area (Å²) >= 11 is 0. The van der Waals surface area contributed by atoms with E-state index >= 15 is 0 Å². The summed E-state index contributed by atoms with van der Waals surface area (Å²) in [4.78, 5) is 16.5. The van der Waals surface area contributed by atoms with Gasteiger partial charge in [-0.05, 0) is 24.9 Å². The molecule has 2 atom stereocenters. The molecule has 5 nitrogen and oxygen atoms in total. The van der Waals surface area contributed by atoms with Gasteiger partial charge in [-0.3, -0.25) is 9.80 Å². The summed E-state index contributed by atoms with van der Waals surface area (Å²) in [5.74, 6) is -0.956. The molecule has 3 N–H and O–H groups in total. The summed E-state index contributed by atoms with van der Waals surface area (Å²) in [5, 5.41) is 9.64. The van der Waals surface area contributed by atoms with Crippen LogP contribution in [0, 0.1) is 0 Å². The van der Waals surface area contributed by atoms with E-state index in [1.807, 2.05) is 18.2 Å². The first-order chi connectivity index (χ1) is 10.1. The van der Waals surface area contributed by atoms with Gasteiger partial charge in [0.15, 0.2) is 5.54 Å². The molecule has 2 aliphatic heterocycles. The normalized spacial score (nSPS) is 26.2. The van der Waals surface area contributed by atoms with Crippen LogP contribution in [0.3, 0.4) is 0 Å². The maximum Gasteiger partial charge on any atom is 0.329 e. The zero-order valence-electron chi connectivity index (χ0n) is 12.2. The van der Waals surface area contributed by atoms with Crippen molar-refractivity contribution >= 4 is 5.97 Å². The monoisotopic (exact) mass is 289 g/mol. The summed E-state index contributed by atoms with van der Waals surface area (Å²) in [5.41, 5.74) is 5.62. The Morgan fingerprint density at radius 3 is 2.76 bits per heavy atom. The highest BCUT2D eigenvalue weighted by Crippen LogP contribution is 2.25. The van der Waals surface area contributed by atoms with Gasteiger partial charge in [0.2, 0.25) is 0 Å². The number of hydrogen-bond acceptors (Lipinski definition) is 4. The zero-order valence-corrected chi connectivity index (χ0v) is 12.2. The minimum absolute atomic E-state index is 0.372. The van der Waals surface area contributed by atoms with E-state index in [2.05, 4.69) is 9.80 Å². The van der Waals surface area contributed by atoms with E-state index in [-0.39, 0.29) is 0 Å². The highest BCUT2D eigenvalue weighted by molar-refractivity contribution is 5.80. The first kappa shape index (κ1) is 14.5. The number of aliphatic carboxylic acids is 1. The van der Waals surface area contributed by atoms with Crippen molar-refractivity contribution in [1.29, 1.82) is 0 Å². The number of rotatable bonds is 4. The van der Waals surface area contributed by atoms with Gasteiger partial charge in [-0.2, -0.15) is 0 Å². The molecule has 2 unspecified atom stereocenters. The number of benzene rings is 1. The Morgan fingerprint density at radius 1 is 1.29 bits per heavy atom. The predicted molar refractivity (Wildman–Crippen MR) is 81.0 cm³/mol. The van der Waals surface area contributed by atoms with Crippen molar-refractivity contribution in [3.8, 4) is 0 Å². The third-order valence-corrected chi connectivity index (χ3v) is 4.82. The van der Waals surface area contributed by atoms with Gasteiger partial charge >= 0.3 is 5.97 Å². The van der Waals surface area contributed by atoms with Gasteiger partial charge in [0, 0.05) is 32.2 Å². The largest absolute Gasteiger partial charge is 0.480 e. The lowest BCUT2D eigenvalue weighted by Crippen LogP contribution is -2.58. The van der Waals surface area contributed by atoms with E-state index in [0.717, 1.165) is 19.6 Å². The molecule has 0 bridgehead atoms. The molecule has 5 heteroatoms. The fraction of sp³-hybridized carbons (Fsp3) is 0.562. The van der Waals surface area contributed by atoms with E-state index in [0.29, 0.717) is 18.2 Å². The molecule has 0 amide bonds. The summed E-state index contributed by atoms with van der Waals surface area (Å²) in [6.07, 6.45) is 2.47. The number of nitrogens with two attached hydrogens (primary N) is 1. The maximum absolute atomic E-state index is 11.8. The summed E-state index contributed by atoms with van der Waals surface area (Å²) in [6, 6.07) is 9.75. The lowest BCUT2D eigenvalue weighted by molar-refractivity contribution is -0.145. The van der Waals surface area contributed by atoms with Crippen molar-refractivity contribution in [2.75, 3.05) is 32.7 Å². The Balaban J connectivity index is 1.75. The number of carboxylic acids is 1. The number of hydrogen-bond donors (Lipinski definition) is 2. The molecule has 2 saturated heterocycles. The van der Waals surface area contributed by atoms with Gasteiger partial charge in [-0.25, -0.2) is 4.79 Å². The smallest absolute Gasteiger partial charge is 0.329 e. The highest BCUT2D eigenvalue weighted by Gasteiger charge is 2.40. The average molecular weight is 289 g/mol. The fourth-order valence-electron chi connectivity index (χ4n) is 3.57. The lowest BCUT2D eigenvalue weighted by Gasteiger charge is -2.40. The second-order valence-corrected chi connectivity index (χ2v) is 6.21. The molecule has 114 valence electrons. The van der Waals surface area contributed by atoms with Crippen molar-refractivity contribution in [2.45, 2.75) is 24.4 Å². The second kappa shape index (κ2) is 5.75. The fourth-order valence-corrected chi connectivity index (χ4v) is 3.57. The zero-order chi connectivity index (χ0) is 14.9. The topological polar surface area (TPSA) is 69.8 Å². The van der Waals surface area contributed by atoms with Crippen LogP contribution < -0.4 is 5.73 Å². The molecule has 1 aromatic rings. The van der Waals surface area contributed by atoms with Crippen molar-refractivity contribution < 1.29 is 9.90 Å². The molecule has 0 radical (unpaired) electrons. The predicted octanol–water partition coefficient (Wildman–Crippen LogP) is 0.705. The van der Waals surface area contributed by atoms with Crippen LogP contribution in [0.5, 0.6) is 0 Å². The van der Waals surface area contributed by atoms with Gasteiger partial charge in [0.25, 0.3) is 0 Å². The van der Waals surface area contributed by atoms with Crippen LogP contribution in [0.4, 0.5) is 0 Å². The molecule has 2 aliphatic rings. The molecule has 0 spiro atoms. The van der Waals surface area contributed by atoms with Crippen molar-refractivity contribution in [2.24, 2.45) is 5.73 Å². The quantitative estimate of drug-likeness (QED) is 0.854. The molecular formula is C16H23N3O2. The highest BCUT2D eigenvalue weighted by atomic mass is 16.4. The van der Waals surface area contributed by atoms with Crippen LogP contribution in [0.25, 0.3) is 0 Å². The van der Waals surface area contributed by atoms with Gasteiger partial charge in [-0.1, -0.05) is 30.3 Å². The Morgan fingerprint density at radius 2 is 2.05 bits per heavy atom. The Kier molecular flexibility index (Phi) is 3.97. The number of carbonyl (C=O) groups is 1. The number of nitrogens with zero attached hydrogens (tertiary/aromatic N) is 2. The van der Waals surface area contributed by atoms with Gasteiger partial charge in [-0.15, -0.1) is 0 Å². The first-order valence-corrected chi connectivity index (χ1v) is 7.64. The van der Waals surface area contributed by atoms with Gasteiger partial charge in [0.05, 0.1) is 0 Å². The number of fused-ring (bicyclic) bond motifs is 1. The molecule has 1 aromatic carbocycles. The first-order valence-electron chi connectivity index (χ1n) is 7.64. The number of piperazine rings is 1. The molecule has 2 heterocycles. The van der Waals surface area contributed by atoms with Gasteiger partial charge < -0.3 is 10.8 Å². The van der Waals surface area contributed by atoms with E-state index < -0.39 is 11.5 Å². The molecule has 0 aromatic heterocycles. The lowest BCUT2D eigenvalue weighted by atomic mass is 9.90. The molecule has 3 rings (SSSR count). The van der Waals surface area contributed by atoms with Crippen LogP contribution in [0.1, 0.15) is 18.4 Å². The third-order valence-electron chi connectivity index (χ3n) is 4.82. The molecule has 0 saturated carbocycles. The Hall–Kier alpha value is -1.43. The Bertz CT molecular complexity index is 508. The minimum atomic E-state index is -1.33. The second-order valence-electron chi connectivity index (χ2n) is 6.21. The molecule has 2 fully saturated rings. The van der Waals surface area contributed by atoms with Crippen molar-refractivity contribution in [1.82, 2.24) is 9.80 Å². The molecule has 21 heavy (non-hydrogen) atoms. The van der Waals surface area contributed by atoms with Crippen LogP contribution in [-0.2, 0) is 10.3 Å². The molecule has 0 aliphatic carbocycles. The average Bonchev–Trinajstić information content (AvgIpc) is 2.95. The van der Waals surface area contributed by atoms with E-state index in [9.17, 15) is 9.90 Å². The summed E-state index contributed by atoms with van der Waals surface area (Å²) in [7, 11) is 0. The summed E-state index contributed by atoms with van der Waals surface area (Å²) < 4.78 is 0.